The Morgan fingerprint density at radius 1 is 1.15 bits per heavy atom. The molecule has 1 N–H and O–H groups in total. The minimum Gasteiger partial charge on any atom is -0.411 e. The Labute approximate surface area is 160 Å². The number of thioether (sulfide) groups is 1. The summed E-state index contributed by atoms with van der Waals surface area (Å²) in [7, 11) is 0. The molecule has 1 atom stereocenters. The lowest BCUT2D eigenvalue weighted by Gasteiger charge is -2.15. The number of amides is 1. The van der Waals surface area contributed by atoms with Crippen molar-refractivity contribution in [2.75, 3.05) is 5.75 Å². The van der Waals surface area contributed by atoms with E-state index in [1.165, 1.54) is 6.92 Å². The summed E-state index contributed by atoms with van der Waals surface area (Å²) in [5.74, 6) is 0.0653. The van der Waals surface area contributed by atoms with Crippen LogP contribution in [0.1, 0.15) is 12.5 Å². The van der Waals surface area contributed by atoms with E-state index in [-0.39, 0.29) is 22.7 Å². The van der Waals surface area contributed by atoms with Gasteiger partial charge < -0.3 is 9.73 Å². The van der Waals surface area contributed by atoms with Crippen molar-refractivity contribution < 1.29 is 14.0 Å². The molecule has 138 valence electrons. The standard InChI is InChI=1S/C19H18N4O3S/c1-13(24)16(10-14-6-3-2-4-7-14)21-17(25)12-27-19-23-22-18(26-19)15-8-5-9-20-11-15/h2-9,11,16H,10,12H2,1H3,(H,21,25)/t16-/m1/s1. The van der Waals surface area contributed by atoms with Crippen molar-refractivity contribution in [3.63, 3.8) is 0 Å². The van der Waals surface area contributed by atoms with Crippen molar-refractivity contribution in [2.45, 2.75) is 24.6 Å². The van der Waals surface area contributed by atoms with Crippen LogP contribution in [0.4, 0.5) is 0 Å². The molecule has 0 saturated heterocycles. The highest BCUT2D eigenvalue weighted by molar-refractivity contribution is 7.99. The van der Waals surface area contributed by atoms with E-state index < -0.39 is 6.04 Å². The fraction of sp³-hybridized carbons (Fsp3) is 0.211. The summed E-state index contributed by atoms with van der Waals surface area (Å²) in [5, 5.41) is 10.9. The number of nitrogens with one attached hydrogen (secondary N) is 1. The third-order valence-electron chi connectivity index (χ3n) is 3.75. The summed E-state index contributed by atoms with van der Waals surface area (Å²) in [6.45, 7) is 1.47. The van der Waals surface area contributed by atoms with Gasteiger partial charge in [-0.25, -0.2) is 0 Å². The SMILES string of the molecule is CC(=O)[C@@H](Cc1ccccc1)NC(=O)CSc1nnc(-c2cccnc2)o1. The normalized spacial score (nSPS) is 11.7. The molecule has 8 heteroatoms. The fourth-order valence-corrected chi connectivity index (χ4v) is 2.96. The highest BCUT2D eigenvalue weighted by Gasteiger charge is 2.18. The minimum absolute atomic E-state index is 0.0766. The van der Waals surface area contributed by atoms with Gasteiger partial charge >= 0.3 is 0 Å². The second-order valence-corrected chi connectivity index (χ2v) is 6.75. The van der Waals surface area contributed by atoms with Crippen molar-refractivity contribution in [2.24, 2.45) is 0 Å². The number of pyridine rings is 1. The van der Waals surface area contributed by atoms with Crippen LogP contribution >= 0.6 is 11.8 Å². The molecule has 0 bridgehead atoms. The van der Waals surface area contributed by atoms with E-state index in [2.05, 4.69) is 20.5 Å². The maximum atomic E-state index is 12.2. The van der Waals surface area contributed by atoms with Gasteiger partial charge in [0.1, 0.15) is 0 Å². The van der Waals surface area contributed by atoms with Gasteiger partial charge in [-0.1, -0.05) is 42.1 Å². The Bertz CT molecular complexity index is 900. The Morgan fingerprint density at radius 3 is 2.67 bits per heavy atom. The molecule has 3 rings (SSSR count). The average molecular weight is 382 g/mol. The van der Waals surface area contributed by atoms with Crippen molar-refractivity contribution >= 4 is 23.5 Å². The predicted molar refractivity (Wildman–Crippen MR) is 101 cm³/mol. The van der Waals surface area contributed by atoms with Gasteiger partial charge in [0.25, 0.3) is 5.22 Å². The summed E-state index contributed by atoms with van der Waals surface area (Å²) in [4.78, 5) is 28.1. The molecule has 0 radical (unpaired) electrons. The van der Waals surface area contributed by atoms with Crippen LogP contribution in [0.15, 0.2) is 64.5 Å². The third kappa shape index (κ3) is 5.49. The van der Waals surface area contributed by atoms with Gasteiger partial charge in [-0.05, 0) is 31.0 Å². The highest BCUT2D eigenvalue weighted by atomic mass is 32.2. The van der Waals surface area contributed by atoms with Gasteiger partial charge in [0, 0.05) is 12.4 Å². The summed E-state index contributed by atoms with van der Waals surface area (Å²) >= 11 is 1.12. The molecule has 0 fully saturated rings. The smallest absolute Gasteiger partial charge is 0.277 e. The molecule has 0 unspecified atom stereocenters. The summed E-state index contributed by atoms with van der Waals surface area (Å²) in [6.07, 6.45) is 3.73. The van der Waals surface area contributed by atoms with E-state index in [1.807, 2.05) is 36.4 Å². The van der Waals surface area contributed by atoms with Crippen molar-refractivity contribution in [3.8, 4) is 11.5 Å². The molecule has 0 saturated carbocycles. The number of carbonyl (C=O) groups is 2. The van der Waals surface area contributed by atoms with Crippen LogP contribution in [0, 0.1) is 0 Å². The van der Waals surface area contributed by atoms with E-state index in [0.29, 0.717) is 17.9 Å². The Balaban J connectivity index is 1.54. The average Bonchev–Trinajstić information content (AvgIpc) is 3.16. The number of rotatable bonds is 8. The van der Waals surface area contributed by atoms with E-state index in [9.17, 15) is 9.59 Å². The number of ketones is 1. The summed E-state index contributed by atoms with van der Waals surface area (Å²) in [6, 6.07) is 12.6. The van der Waals surface area contributed by atoms with Gasteiger partial charge in [0.2, 0.25) is 11.8 Å². The summed E-state index contributed by atoms with van der Waals surface area (Å²) in [5.41, 5.74) is 1.70. The molecule has 0 aliphatic rings. The van der Waals surface area contributed by atoms with Crippen LogP contribution in [-0.2, 0) is 16.0 Å². The number of nitrogens with zero attached hydrogens (tertiary/aromatic N) is 3. The van der Waals surface area contributed by atoms with Crippen molar-refractivity contribution in [1.82, 2.24) is 20.5 Å². The molecule has 0 aliphatic heterocycles. The zero-order valence-electron chi connectivity index (χ0n) is 14.7. The third-order valence-corrected chi connectivity index (χ3v) is 4.57. The van der Waals surface area contributed by atoms with Crippen LogP contribution in [0.2, 0.25) is 0 Å². The molecule has 3 aromatic rings. The van der Waals surface area contributed by atoms with Crippen LogP contribution in [0.5, 0.6) is 0 Å². The van der Waals surface area contributed by atoms with Crippen LogP contribution in [-0.4, -0.2) is 38.7 Å². The lowest BCUT2D eigenvalue weighted by Crippen LogP contribution is -2.42. The maximum Gasteiger partial charge on any atom is 0.277 e. The topological polar surface area (TPSA) is 98.0 Å². The predicted octanol–water partition coefficient (Wildman–Crippen LogP) is 2.54. The van der Waals surface area contributed by atoms with Gasteiger partial charge in [-0.3, -0.25) is 14.6 Å². The molecule has 0 aliphatic carbocycles. The molecule has 2 heterocycles. The summed E-state index contributed by atoms with van der Waals surface area (Å²) < 4.78 is 5.52. The minimum atomic E-state index is -0.561. The van der Waals surface area contributed by atoms with E-state index in [0.717, 1.165) is 17.3 Å². The van der Waals surface area contributed by atoms with Gasteiger partial charge in [-0.15, -0.1) is 10.2 Å². The molecule has 7 nitrogen and oxygen atoms in total. The van der Waals surface area contributed by atoms with Gasteiger partial charge in [0.05, 0.1) is 17.4 Å². The first-order valence-electron chi connectivity index (χ1n) is 8.32. The van der Waals surface area contributed by atoms with Crippen molar-refractivity contribution in [3.05, 3.63) is 60.4 Å². The number of Topliss-reactive ketones (excluding diaryl/α,β-unsaturated/α-hetero) is 1. The van der Waals surface area contributed by atoms with Crippen molar-refractivity contribution in [1.29, 1.82) is 0 Å². The maximum absolute atomic E-state index is 12.2. The van der Waals surface area contributed by atoms with Gasteiger partial charge in [0.15, 0.2) is 5.78 Å². The van der Waals surface area contributed by atoms with E-state index in [1.54, 1.807) is 18.5 Å². The van der Waals surface area contributed by atoms with E-state index >= 15 is 0 Å². The van der Waals surface area contributed by atoms with E-state index in [4.69, 9.17) is 4.42 Å². The number of carbonyl (C=O) groups excluding carboxylic acids is 2. The number of hydrogen-bond acceptors (Lipinski definition) is 7. The molecular formula is C19H18N4O3S. The quantitative estimate of drug-likeness (QED) is 0.598. The fourth-order valence-electron chi connectivity index (χ4n) is 2.38. The number of benzene rings is 1. The molecular weight excluding hydrogens is 364 g/mol. The lowest BCUT2D eigenvalue weighted by atomic mass is 10.0. The second-order valence-electron chi connectivity index (χ2n) is 5.82. The highest BCUT2D eigenvalue weighted by Crippen LogP contribution is 2.22. The largest absolute Gasteiger partial charge is 0.411 e. The first-order valence-corrected chi connectivity index (χ1v) is 9.31. The Kier molecular flexibility index (Phi) is 6.32. The van der Waals surface area contributed by atoms with Crippen LogP contribution in [0.25, 0.3) is 11.5 Å². The van der Waals surface area contributed by atoms with Gasteiger partial charge in [-0.2, -0.15) is 0 Å². The lowest BCUT2D eigenvalue weighted by molar-refractivity contribution is -0.125. The zero-order chi connectivity index (χ0) is 19.1. The number of aromatic nitrogens is 3. The first kappa shape index (κ1) is 18.8. The first-order chi connectivity index (χ1) is 13.1. The molecule has 1 amide bonds. The Morgan fingerprint density at radius 2 is 1.96 bits per heavy atom. The second kappa shape index (κ2) is 9.09. The van der Waals surface area contributed by atoms with Crippen LogP contribution < -0.4 is 5.32 Å². The number of hydrogen-bond donors (Lipinski definition) is 1. The monoisotopic (exact) mass is 382 g/mol. The Hall–Kier alpha value is -3.00. The van der Waals surface area contributed by atoms with Crippen LogP contribution in [0.3, 0.4) is 0 Å². The zero-order valence-corrected chi connectivity index (χ0v) is 15.5. The molecule has 0 spiro atoms. The molecule has 2 aromatic heterocycles. The molecule has 1 aromatic carbocycles. The molecule has 27 heavy (non-hydrogen) atoms.